The Morgan fingerprint density at radius 3 is 3.00 bits per heavy atom. The fraction of sp³-hybridized carbons (Fsp3) is 0.308. The van der Waals surface area contributed by atoms with Gasteiger partial charge in [0.05, 0.1) is 24.9 Å². The molecule has 0 fully saturated rings. The molecule has 0 aliphatic rings. The molecule has 0 radical (unpaired) electrons. The van der Waals surface area contributed by atoms with Crippen LogP contribution in [0.3, 0.4) is 0 Å². The molecule has 0 saturated carbocycles. The standard InChI is InChI=1S/C13H17N5O2/c1-3-18-8-16-17-11(18)7-15-13(19)9-5-4-6-10(20-2)12(9)14/h4-6,8H,3,7,14H2,1-2H3,(H,15,19). The van der Waals surface area contributed by atoms with E-state index in [1.807, 2.05) is 11.5 Å². The van der Waals surface area contributed by atoms with Crippen LogP contribution in [0.25, 0.3) is 0 Å². The Bertz CT molecular complexity index is 609. The quantitative estimate of drug-likeness (QED) is 0.788. The number of nitrogens with zero attached hydrogens (tertiary/aromatic N) is 3. The molecular formula is C13H17N5O2. The molecule has 2 rings (SSSR count). The average molecular weight is 275 g/mol. The fourth-order valence-corrected chi connectivity index (χ4v) is 1.85. The van der Waals surface area contributed by atoms with Gasteiger partial charge in [0.15, 0.2) is 5.82 Å². The van der Waals surface area contributed by atoms with Gasteiger partial charge in [-0.15, -0.1) is 10.2 Å². The van der Waals surface area contributed by atoms with E-state index < -0.39 is 0 Å². The number of anilines is 1. The number of nitrogen functional groups attached to an aromatic ring is 1. The van der Waals surface area contributed by atoms with E-state index in [0.717, 1.165) is 6.54 Å². The van der Waals surface area contributed by atoms with Crippen LogP contribution in [0.15, 0.2) is 24.5 Å². The van der Waals surface area contributed by atoms with Crippen LogP contribution in [0.2, 0.25) is 0 Å². The molecule has 2 aromatic rings. The molecule has 1 aromatic heterocycles. The van der Waals surface area contributed by atoms with Crippen LogP contribution in [0, 0.1) is 0 Å². The minimum atomic E-state index is -0.271. The lowest BCUT2D eigenvalue weighted by atomic mass is 10.1. The van der Waals surface area contributed by atoms with E-state index in [0.29, 0.717) is 29.4 Å². The third kappa shape index (κ3) is 2.71. The molecule has 1 heterocycles. The maximum Gasteiger partial charge on any atom is 0.253 e. The van der Waals surface area contributed by atoms with Crippen molar-refractivity contribution in [2.24, 2.45) is 0 Å². The van der Waals surface area contributed by atoms with Crippen molar-refractivity contribution in [2.75, 3.05) is 12.8 Å². The van der Waals surface area contributed by atoms with Gasteiger partial charge in [0.25, 0.3) is 5.91 Å². The lowest BCUT2D eigenvalue weighted by Crippen LogP contribution is -2.25. The summed E-state index contributed by atoms with van der Waals surface area (Å²) in [7, 11) is 1.51. The predicted octanol–water partition coefficient (Wildman–Crippen LogP) is 0.819. The summed E-state index contributed by atoms with van der Waals surface area (Å²) in [6, 6.07) is 5.08. The van der Waals surface area contributed by atoms with Crippen LogP contribution >= 0.6 is 0 Å². The maximum absolute atomic E-state index is 12.1. The van der Waals surface area contributed by atoms with E-state index in [-0.39, 0.29) is 5.91 Å². The van der Waals surface area contributed by atoms with Crippen molar-refractivity contribution in [3.05, 3.63) is 35.9 Å². The van der Waals surface area contributed by atoms with Crippen LogP contribution in [-0.4, -0.2) is 27.8 Å². The SMILES string of the molecule is CCn1cnnc1CNC(=O)c1cccc(OC)c1N. The molecule has 0 bridgehead atoms. The number of aryl methyl sites for hydroxylation is 1. The predicted molar refractivity (Wildman–Crippen MR) is 74.3 cm³/mol. The van der Waals surface area contributed by atoms with Crippen molar-refractivity contribution in [1.29, 1.82) is 0 Å². The molecule has 20 heavy (non-hydrogen) atoms. The highest BCUT2D eigenvalue weighted by atomic mass is 16.5. The number of ether oxygens (including phenoxy) is 1. The van der Waals surface area contributed by atoms with Gasteiger partial charge in [0, 0.05) is 6.54 Å². The summed E-state index contributed by atoms with van der Waals surface area (Å²) >= 11 is 0. The first-order valence-electron chi connectivity index (χ1n) is 6.24. The topological polar surface area (TPSA) is 95.1 Å². The van der Waals surface area contributed by atoms with Gasteiger partial charge in [-0.2, -0.15) is 0 Å². The largest absolute Gasteiger partial charge is 0.495 e. The summed E-state index contributed by atoms with van der Waals surface area (Å²) in [5, 5.41) is 10.5. The molecule has 3 N–H and O–H groups in total. The van der Waals surface area contributed by atoms with E-state index in [4.69, 9.17) is 10.5 Å². The zero-order chi connectivity index (χ0) is 14.5. The highest BCUT2D eigenvalue weighted by Crippen LogP contribution is 2.24. The molecule has 1 amide bonds. The zero-order valence-electron chi connectivity index (χ0n) is 11.5. The molecule has 0 aliphatic carbocycles. The Balaban J connectivity index is 2.09. The van der Waals surface area contributed by atoms with E-state index in [9.17, 15) is 4.79 Å². The van der Waals surface area contributed by atoms with Crippen LogP contribution in [-0.2, 0) is 13.1 Å². The molecule has 7 nitrogen and oxygen atoms in total. The van der Waals surface area contributed by atoms with Crippen LogP contribution < -0.4 is 15.8 Å². The number of carbonyl (C=O) groups excluding carboxylic acids is 1. The van der Waals surface area contributed by atoms with Gasteiger partial charge in [0.1, 0.15) is 12.1 Å². The number of methoxy groups -OCH3 is 1. The number of para-hydroxylation sites is 1. The second-order valence-corrected chi connectivity index (χ2v) is 4.14. The van der Waals surface area contributed by atoms with E-state index in [1.54, 1.807) is 24.5 Å². The lowest BCUT2D eigenvalue weighted by molar-refractivity contribution is 0.0950. The summed E-state index contributed by atoms with van der Waals surface area (Å²) in [4.78, 5) is 12.1. The number of rotatable bonds is 5. The van der Waals surface area contributed by atoms with Gasteiger partial charge in [-0.25, -0.2) is 0 Å². The third-order valence-corrected chi connectivity index (χ3v) is 2.97. The molecule has 1 aromatic carbocycles. The molecule has 0 atom stereocenters. The molecule has 0 unspecified atom stereocenters. The van der Waals surface area contributed by atoms with Gasteiger partial charge in [0.2, 0.25) is 0 Å². The number of nitrogens with one attached hydrogen (secondary N) is 1. The van der Waals surface area contributed by atoms with Gasteiger partial charge in [-0.3, -0.25) is 4.79 Å². The van der Waals surface area contributed by atoms with Crippen molar-refractivity contribution in [1.82, 2.24) is 20.1 Å². The Morgan fingerprint density at radius 2 is 2.30 bits per heavy atom. The average Bonchev–Trinajstić information content (AvgIpc) is 2.92. The van der Waals surface area contributed by atoms with Crippen molar-refractivity contribution in [3.63, 3.8) is 0 Å². The molecule has 0 saturated heterocycles. The smallest absolute Gasteiger partial charge is 0.253 e. The second-order valence-electron chi connectivity index (χ2n) is 4.14. The monoisotopic (exact) mass is 275 g/mol. The van der Waals surface area contributed by atoms with E-state index in [1.165, 1.54) is 7.11 Å². The van der Waals surface area contributed by atoms with E-state index in [2.05, 4.69) is 15.5 Å². The Labute approximate surface area is 116 Å². The Hall–Kier alpha value is -2.57. The van der Waals surface area contributed by atoms with Crippen molar-refractivity contribution >= 4 is 11.6 Å². The number of amides is 1. The normalized spacial score (nSPS) is 10.3. The van der Waals surface area contributed by atoms with Crippen LogP contribution in [0.1, 0.15) is 23.1 Å². The molecular weight excluding hydrogens is 258 g/mol. The van der Waals surface area contributed by atoms with Crippen molar-refractivity contribution < 1.29 is 9.53 Å². The number of hydrogen-bond donors (Lipinski definition) is 2. The Kier molecular flexibility index (Phi) is 4.19. The maximum atomic E-state index is 12.1. The summed E-state index contributed by atoms with van der Waals surface area (Å²) in [6.07, 6.45) is 1.63. The highest BCUT2D eigenvalue weighted by molar-refractivity contribution is 6.00. The highest BCUT2D eigenvalue weighted by Gasteiger charge is 2.13. The fourth-order valence-electron chi connectivity index (χ4n) is 1.85. The number of aromatic nitrogens is 3. The summed E-state index contributed by atoms with van der Waals surface area (Å²) in [5.74, 6) is 0.906. The number of nitrogens with two attached hydrogens (primary N) is 1. The third-order valence-electron chi connectivity index (χ3n) is 2.97. The van der Waals surface area contributed by atoms with Gasteiger partial charge < -0.3 is 20.4 Å². The minimum absolute atomic E-state index is 0.271. The molecule has 106 valence electrons. The number of benzene rings is 1. The van der Waals surface area contributed by atoms with Gasteiger partial charge in [-0.1, -0.05) is 6.07 Å². The van der Waals surface area contributed by atoms with Gasteiger partial charge >= 0.3 is 0 Å². The van der Waals surface area contributed by atoms with Gasteiger partial charge in [-0.05, 0) is 19.1 Å². The lowest BCUT2D eigenvalue weighted by Gasteiger charge is -2.10. The number of hydrogen-bond acceptors (Lipinski definition) is 5. The molecule has 0 spiro atoms. The summed E-state index contributed by atoms with van der Waals surface area (Å²) in [6.45, 7) is 3.03. The molecule has 7 heteroatoms. The zero-order valence-corrected chi connectivity index (χ0v) is 11.5. The van der Waals surface area contributed by atoms with Crippen molar-refractivity contribution in [2.45, 2.75) is 20.0 Å². The minimum Gasteiger partial charge on any atom is -0.495 e. The first kappa shape index (κ1) is 13.9. The first-order valence-corrected chi connectivity index (χ1v) is 6.24. The molecule has 0 aliphatic heterocycles. The first-order chi connectivity index (χ1) is 9.67. The summed E-state index contributed by atoms with van der Waals surface area (Å²) < 4.78 is 6.95. The number of carbonyl (C=O) groups is 1. The Morgan fingerprint density at radius 1 is 1.50 bits per heavy atom. The van der Waals surface area contributed by atoms with E-state index >= 15 is 0 Å². The van der Waals surface area contributed by atoms with Crippen molar-refractivity contribution in [3.8, 4) is 5.75 Å². The summed E-state index contributed by atoms with van der Waals surface area (Å²) in [5.41, 5.74) is 6.59. The second kappa shape index (κ2) is 6.05. The van der Waals surface area contributed by atoms with Crippen LogP contribution in [0.5, 0.6) is 5.75 Å². The van der Waals surface area contributed by atoms with Crippen LogP contribution in [0.4, 0.5) is 5.69 Å².